The molecule has 0 fully saturated rings. The average molecular weight is 411 g/mol. The summed E-state index contributed by atoms with van der Waals surface area (Å²) in [7, 11) is 0. The number of hydrogen-bond acceptors (Lipinski definition) is 5. The molecule has 3 aromatic rings. The summed E-state index contributed by atoms with van der Waals surface area (Å²) in [5, 5.41) is 17.9. The number of tetrazole rings is 1. The molecular formula is C18H15BrN6O. The summed E-state index contributed by atoms with van der Waals surface area (Å²) in [4.78, 5) is 13.1. The first-order chi connectivity index (χ1) is 12.6. The summed E-state index contributed by atoms with van der Waals surface area (Å²) in [5.74, 6) is 0.307. The number of amides is 1. The molecule has 2 N–H and O–H groups in total. The first-order valence-electron chi connectivity index (χ1n) is 8.01. The molecule has 2 aromatic carbocycles. The van der Waals surface area contributed by atoms with E-state index in [-0.39, 0.29) is 5.91 Å². The van der Waals surface area contributed by atoms with Crippen LogP contribution in [0.3, 0.4) is 0 Å². The molecule has 0 spiro atoms. The number of carbonyl (C=O) groups is 1. The fraction of sp³-hybridized carbons (Fsp3) is 0.111. The predicted octanol–water partition coefficient (Wildman–Crippen LogP) is 3.36. The van der Waals surface area contributed by atoms with E-state index < -0.39 is 6.04 Å². The van der Waals surface area contributed by atoms with E-state index in [1.807, 2.05) is 61.5 Å². The Hall–Kier alpha value is -3.00. The molecule has 130 valence electrons. The number of nitrogens with one attached hydrogen (secondary N) is 2. The van der Waals surface area contributed by atoms with Crippen LogP contribution in [0.2, 0.25) is 0 Å². The van der Waals surface area contributed by atoms with E-state index in [2.05, 4.69) is 42.1 Å². The highest BCUT2D eigenvalue weighted by atomic mass is 79.9. The Balaban J connectivity index is 1.77. The minimum Gasteiger partial charge on any atom is -0.326 e. The minimum atomic E-state index is -0.418. The van der Waals surface area contributed by atoms with Gasteiger partial charge in [-0.2, -0.15) is 4.68 Å². The van der Waals surface area contributed by atoms with E-state index in [1.54, 1.807) is 4.68 Å². The van der Waals surface area contributed by atoms with Gasteiger partial charge in [0.25, 0.3) is 5.91 Å². The van der Waals surface area contributed by atoms with Crippen LogP contribution in [0.1, 0.15) is 18.5 Å². The van der Waals surface area contributed by atoms with Gasteiger partial charge in [0.2, 0.25) is 5.95 Å². The summed E-state index contributed by atoms with van der Waals surface area (Å²) in [6.07, 6.45) is 0. The van der Waals surface area contributed by atoms with E-state index in [0.717, 1.165) is 15.7 Å². The Morgan fingerprint density at radius 1 is 1.15 bits per heavy atom. The van der Waals surface area contributed by atoms with Crippen LogP contribution in [-0.2, 0) is 4.79 Å². The quantitative estimate of drug-likeness (QED) is 0.691. The van der Waals surface area contributed by atoms with Gasteiger partial charge in [0.15, 0.2) is 0 Å². The van der Waals surface area contributed by atoms with Crippen molar-refractivity contribution < 1.29 is 4.79 Å². The highest BCUT2D eigenvalue weighted by molar-refractivity contribution is 9.10. The Morgan fingerprint density at radius 2 is 1.88 bits per heavy atom. The van der Waals surface area contributed by atoms with Crippen molar-refractivity contribution in [3.05, 3.63) is 75.9 Å². The minimum absolute atomic E-state index is 0.199. The third-order valence-electron chi connectivity index (χ3n) is 4.18. The monoisotopic (exact) mass is 410 g/mol. The molecule has 0 saturated heterocycles. The molecule has 1 atom stereocenters. The second-order valence-corrected chi connectivity index (χ2v) is 6.80. The Kier molecular flexibility index (Phi) is 4.26. The lowest BCUT2D eigenvalue weighted by atomic mass is 9.95. The van der Waals surface area contributed by atoms with Crippen LogP contribution < -0.4 is 10.6 Å². The van der Waals surface area contributed by atoms with Gasteiger partial charge in [-0.05, 0) is 47.2 Å². The molecule has 2 heterocycles. The van der Waals surface area contributed by atoms with Gasteiger partial charge in [-0.1, -0.05) is 51.4 Å². The van der Waals surface area contributed by atoms with Crippen molar-refractivity contribution >= 4 is 33.5 Å². The van der Waals surface area contributed by atoms with Crippen LogP contribution in [0.15, 0.2) is 70.3 Å². The molecule has 0 saturated carbocycles. The van der Waals surface area contributed by atoms with Crippen molar-refractivity contribution in [2.24, 2.45) is 0 Å². The zero-order valence-corrected chi connectivity index (χ0v) is 15.4. The second kappa shape index (κ2) is 6.72. The molecular weight excluding hydrogens is 396 g/mol. The maximum Gasteiger partial charge on any atom is 0.255 e. The molecule has 1 aliphatic heterocycles. The fourth-order valence-corrected chi connectivity index (χ4v) is 3.24. The highest BCUT2D eigenvalue weighted by Gasteiger charge is 2.33. The Bertz CT molecular complexity index is 980. The topological polar surface area (TPSA) is 84.7 Å². The van der Waals surface area contributed by atoms with E-state index in [4.69, 9.17) is 0 Å². The normalized spacial score (nSPS) is 16.0. The Labute approximate surface area is 158 Å². The number of halogens is 1. The van der Waals surface area contributed by atoms with Gasteiger partial charge in [0.1, 0.15) is 6.04 Å². The second-order valence-electron chi connectivity index (χ2n) is 5.88. The number of fused-ring (bicyclic) bond motifs is 1. The predicted molar refractivity (Wildman–Crippen MR) is 101 cm³/mol. The fourth-order valence-electron chi connectivity index (χ4n) is 2.98. The molecule has 0 radical (unpaired) electrons. The summed E-state index contributed by atoms with van der Waals surface area (Å²) >= 11 is 3.44. The lowest BCUT2D eigenvalue weighted by Crippen LogP contribution is -2.31. The summed E-state index contributed by atoms with van der Waals surface area (Å²) in [6.45, 7) is 1.85. The summed E-state index contributed by atoms with van der Waals surface area (Å²) in [5.41, 5.74) is 2.93. The van der Waals surface area contributed by atoms with Crippen molar-refractivity contribution in [1.82, 2.24) is 20.2 Å². The van der Waals surface area contributed by atoms with Gasteiger partial charge in [-0.3, -0.25) is 4.79 Å². The van der Waals surface area contributed by atoms with Gasteiger partial charge >= 0.3 is 0 Å². The number of benzene rings is 2. The SMILES string of the molecule is CC1=C(C(=O)Nc2ccccc2)C(c2ccc(Br)cc2)n2nnnc2N1. The number of para-hydroxylation sites is 1. The smallest absolute Gasteiger partial charge is 0.255 e. The number of aromatic nitrogens is 4. The van der Waals surface area contributed by atoms with Gasteiger partial charge in [-0.25, -0.2) is 0 Å². The van der Waals surface area contributed by atoms with Crippen LogP contribution in [0, 0.1) is 0 Å². The van der Waals surface area contributed by atoms with E-state index in [1.165, 1.54) is 0 Å². The third kappa shape index (κ3) is 2.99. The Morgan fingerprint density at radius 3 is 2.62 bits per heavy atom. The molecule has 0 aliphatic carbocycles. The van der Waals surface area contributed by atoms with Crippen LogP contribution in [-0.4, -0.2) is 26.1 Å². The lowest BCUT2D eigenvalue weighted by molar-refractivity contribution is -0.113. The van der Waals surface area contributed by atoms with Crippen molar-refractivity contribution in [2.45, 2.75) is 13.0 Å². The zero-order valence-electron chi connectivity index (χ0n) is 13.8. The molecule has 0 bridgehead atoms. The average Bonchev–Trinajstić information content (AvgIpc) is 3.10. The molecule has 1 amide bonds. The maximum absolute atomic E-state index is 13.1. The first kappa shape index (κ1) is 16.5. The summed E-state index contributed by atoms with van der Waals surface area (Å²) < 4.78 is 2.58. The number of carbonyl (C=O) groups excluding carboxylic acids is 1. The number of rotatable bonds is 3. The molecule has 1 aromatic heterocycles. The molecule has 26 heavy (non-hydrogen) atoms. The number of hydrogen-bond donors (Lipinski definition) is 2. The molecule has 7 nitrogen and oxygen atoms in total. The van der Waals surface area contributed by atoms with E-state index in [0.29, 0.717) is 17.2 Å². The van der Waals surface area contributed by atoms with E-state index >= 15 is 0 Å². The van der Waals surface area contributed by atoms with Crippen LogP contribution in [0.25, 0.3) is 0 Å². The van der Waals surface area contributed by atoms with Crippen molar-refractivity contribution in [2.75, 3.05) is 10.6 Å². The molecule has 1 aliphatic rings. The summed E-state index contributed by atoms with van der Waals surface area (Å²) in [6, 6.07) is 16.7. The molecule has 8 heteroatoms. The first-order valence-corrected chi connectivity index (χ1v) is 8.80. The van der Waals surface area contributed by atoms with Gasteiger partial charge in [-0.15, -0.1) is 0 Å². The lowest BCUT2D eigenvalue weighted by Gasteiger charge is -2.28. The van der Waals surface area contributed by atoms with Crippen LogP contribution in [0.4, 0.5) is 11.6 Å². The van der Waals surface area contributed by atoms with E-state index in [9.17, 15) is 4.79 Å². The largest absolute Gasteiger partial charge is 0.326 e. The number of allylic oxidation sites excluding steroid dienone is 1. The van der Waals surface area contributed by atoms with Gasteiger partial charge in [0.05, 0.1) is 5.57 Å². The van der Waals surface area contributed by atoms with Gasteiger partial charge < -0.3 is 10.6 Å². The van der Waals surface area contributed by atoms with Crippen molar-refractivity contribution in [3.8, 4) is 0 Å². The molecule has 1 unspecified atom stereocenters. The zero-order chi connectivity index (χ0) is 18.1. The highest BCUT2D eigenvalue weighted by Crippen LogP contribution is 2.35. The molecule has 4 rings (SSSR count). The van der Waals surface area contributed by atoms with Crippen molar-refractivity contribution in [3.63, 3.8) is 0 Å². The van der Waals surface area contributed by atoms with Gasteiger partial charge in [0, 0.05) is 15.9 Å². The van der Waals surface area contributed by atoms with Crippen LogP contribution >= 0.6 is 15.9 Å². The number of nitrogens with zero attached hydrogens (tertiary/aromatic N) is 4. The van der Waals surface area contributed by atoms with Crippen molar-refractivity contribution in [1.29, 1.82) is 0 Å². The standard InChI is InChI=1S/C18H15BrN6O/c1-11-15(17(26)21-14-5-3-2-4-6-14)16(12-7-9-13(19)10-8-12)25-18(20-11)22-23-24-25/h2-10,16H,1H3,(H,21,26)(H,20,22,24). The van der Waals surface area contributed by atoms with Crippen LogP contribution in [0.5, 0.6) is 0 Å². The third-order valence-corrected chi connectivity index (χ3v) is 4.70. The number of anilines is 2. The maximum atomic E-state index is 13.1.